The zero-order valence-corrected chi connectivity index (χ0v) is 15.3. The van der Waals surface area contributed by atoms with Crippen molar-refractivity contribution < 1.29 is 9.53 Å². The number of aryl methyl sites for hydroxylation is 1. The van der Waals surface area contributed by atoms with Crippen LogP contribution in [-0.2, 0) is 16.6 Å². The van der Waals surface area contributed by atoms with Gasteiger partial charge in [0.1, 0.15) is 6.10 Å². The van der Waals surface area contributed by atoms with Gasteiger partial charge in [-0.05, 0) is 38.2 Å². The van der Waals surface area contributed by atoms with E-state index in [2.05, 4.69) is 21.0 Å². The highest BCUT2D eigenvalue weighted by molar-refractivity contribution is 5.78. The molecule has 0 spiro atoms. The van der Waals surface area contributed by atoms with Crippen LogP contribution in [0.25, 0.3) is 0 Å². The Kier molecular flexibility index (Phi) is 5.08. The van der Waals surface area contributed by atoms with Crippen LogP contribution in [0.1, 0.15) is 50.3 Å². The smallest absolute Gasteiger partial charge is 0.222 e. The molecule has 0 N–H and O–H groups in total. The van der Waals surface area contributed by atoms with Crippen molar-refractivity contribution >= 4 is 5.91 Å². The second-order valence-electron chi connectivity index (χ2n) is 7.80. The van der Waals surface area contributed by atoms with E-state index in [1.807, 2.05) is 17.9 Å². The number of likely N-dealkylation sites (tertiary alicyclic amines) is 2. The van der Waals surface area contributed by atoms with Crippen molar-refractivity contribution in [3.8, 4) is 0 Å². The highest BCUT2D eigenvalue weighted by Crippen LogP contribution is 2.34. The largest absolute Gasteiger partial charge is 0.372 e. The molecule has 0 bridgehead atoms. The van der Waals surface area contributed by atoms with Crippen LogP contribution in [0.5, 0.6) is 0 Å². The molecule has 3 fully saturated rings. The van der Waals surface area contributed by atoms with Crippen LogP contribution in [0, 0.1) is 5.92 Å². The van der Waals surface area contributed by atoms with Crippen LogP contribution in [-0.4, -0.2) is 64.3 Å². The zero-order valence-electron chi connectivity index (χ0n) is 15.3. The Balaban J connectivity index is 1.34. The van der Waals surface area contributed by atoms with Crippen LogP contribution < -0.4 is 0 Å². The summed E-state index contributed by atoms with van der Waals surface area (Å²) < 4.78 is 8.09. The Morgan fingerprint density at radius 3 is 2.72 bits per heavy atom. The summed E-state index contributed by atoms with van der Waals surface area (Å²) in [5, 5.41) is 4.32. The summed E-state index contributed by atoms with van der Waals surface area (Å²) in [5.41, 5.74) is 1.20. The molecule has 0 aliphatic carbocycles. The van der Waals surface area contributed by atoms with E-state index >= 15 is 0 Å². The Bertz CT molecular complexity index is 594. The number of piperidine rings is 1. The van der Waals surface area contributed by atoms with Crippen LogP contribution in [0.2, 0.25) is 0 Å². The maximum absolute atomic E-state index is 12.0. The van der Waals surface area contributed by atoms with Crippen LogP contribution in [0.15, 0.2) is 12.3 Å². The van der Waals surface area contributed by atoms with E-state index < -0.39 is 0 Å². The van der Waals surface area contributed by atoms with Gasteiger partial charge >= 0.3 is 0 Å². The van der Waals surface area contributed by atoms with Gasteiger partial charge < -0.3 is 14.5 Å². The molecular weight excluding hydrogens is 316 g/mol. The van der Waals surface area contributed by atoms with E-state index in [9.17, 15) is 4.79 Å². The van der Waals surface area contributed by atoms with Gasteiger partial charge in [-0.25, -0.2) is 0 Å². The van der Waals surface area contributed by atoms with Gasteiger partial charge in [0.05, 0.1) is 5.69 Å². The zero-order chi connectivity index (χ0) is 17.2. The van der Waals surface area contributed by atoms with Gasteiger partial charge in [0.2, 0.25) is 5.91 Å². The SMILES string of the molecule is Cn1nccc1[C@@H]1OCCC[C@H]1CN1CCC(N2CCCC2=O)CC1. The van der Waals surface area contributed by atoms with Gasteiger partial charge in [-0.2, -0.15) is 5.10 Å². The minimum Gasteiger partial charge on any atom is -0.372 e. The van der Waals surface area contributed by atoms with Gasteiger partial charge in [-0.3, -0.25) is 9.48 Å². The third-order valence-corrected chi connectivity index (χ3v) is 6.20. The van der Waals surface area contributed by atoms with Crippen LogP contribution in [0.3, 0.4) is 0 Å². The molecule has 6 heteroatoms. The fraction of sp³-hybridized carbons (Fsp3) is 0.789. The maximum atomic E-state index is 12.0. The third kappa shape index (κ3) is 3.60. The number of hydrogen-bond donors (Lipinski definition) is 0. The topological polar surface area (TPSA) is 50.6 Å². The first-order valence-electron chi connectivity index (χ1n) is 9.83. The summed E-state index contributed by atoms with van der Waals surface area (Å²) in [6.07, 6.45) is 8.45. The number of carbonyl (C=O) groups excluding carboxylic acids is 1. The van der Waals surface area contributed by atoms with Gasteiger partial charge in [0.15, 0.2) is 0 Å². The predicted molar refractivity (Wildman–Crippen MR) is 95.0 cm³/mol. The lowest BCUT2D eigenvalue weighted by Crippen LogP contribution is -2.47. The maximum Gasteiger partial charge on any atom is 0.222 e. The van der Waals surface area contributed by atoms with Crippen molar-refractivity contribution in [3.63, 3.8) is 0 Å². The summed E-state index contributed by atoms with van der Waals surface area (Å²) in [7, 11) is 2.00. The monoisotopic (exact) mass is 346 g/mol. The van der Waals surface area contributed by atoms with E-state index in [1.54, 1.807) is 0 Å². The minimum atomic E-state index is 0.166. The molecule has 0 aromatic carbocycles. The number of rotatable bonds is 4. The fourth-order valence-electron chi connectivity index (χ4n) is 4.82. The molecule has 4 heterocycles. The lowest BCUT2D eigenvalue weighted by atomic mass is 9.90. The fourth-order valence-corrected chi connectivity index (χ4v) is 4.82. The van der Waals surface area contributed by atoms with Gasteiger partial charge in [-0.1, -0.05) is 0 Å². The molecule has 1 aromatic heterocycles. The molecular formula is C19H30N4O2. The number of carbonyl (C=O) groups is 1. The molecule has 3 saturated heterocycles. The van der Waals surface area contributed by atoms with Gasteiger partial charge in [0.25, 0.3) is 0 Å². The number of aromatic nitrogens is 2. The van der Waals surface area contributed by atoms with Gasteiger partial charge in [0, 0.05) is 64.4 Å². The molecule has 2 atom stereocenters. The standard InChI is InChI=1S/C19H30N4O2/c1-21-17(6-9-20-21)19-15(4-3-13-25-19)14-22-11-7-16(8-12-22)23-10-2-5-18(23)24/h6,9,15-16,19H,2-5,7-8,10-14H2,1H3/t15-,19+/m0/s1. The molecule has 25 heavy (non-hydrogen) atoms. The van der Waals surface area contributed by atoms with Gasteiger partial charge in [-0.15, -0.1) is 0 Å². The quantitative estimate of drug-likeness (QED) is 0.836. The lowest BCUT2D eigenvalue weighted by molar-refractivity contribution is -0.130. The molecule has 138 valence electrons. The van der Waals surface area contributed by atoms with E-state index in [4.69, 9.17) is 4.74 Å². The summed E-state index contributed by atoms with van der Waals surface area (Å²) in [4.78, 5) is 16.7. The van der Waals surface area contributed by atoms with Crippen LogP contribution >= 0.6 is 0 Å². The molecule has 0 radical (unpaired) electrons. The number of hydrogen-bond acceptors (Lipinski definition) is 4. The molecule has 1 amide bonds. The Morgan fingerprint density at radius 1 is 1.20 bits per heavy atom. The van der Waals surface area contributed by atoms with Crippen LogP contribution in [0.4, 0.5) is 0 Å². The third-order valence-electron chi connectivity index (χ3n) is 6.20. The molecule has 6 nitrogen and oxygen atoms in total. The average Bonchev–Trinajstić information content (AvgIpc) is 3.24. The lowest BCUT2D eigenvalue weighted by Gasteiger charge is -2.40. The van der Waals surface area contributed by atoms with Crippen molar-refractivity contribution in [3.05, 3.63) is 18.0 Å². The molecule has 3 aliphatic rings. The second kappa shape index (κ2) is 7.46. The van der Waals surface area contributed by atoms with E-state index in [1.165, 1.54) is 12.1 Å². The molecule has 4 rings (SSSR count). The Labute approximate surface area is 150 Å². The number of amides is 1. The first-order chi connectivity index (χ1) is 12.2. The summed E-state index contributed by atoms with van der Waals surface area (Å²) in [5.74, 6) is 0.907. The van der Waals surface area contributed by atoms with Crippen molar-refractivity contribution in [2.75, 3.05) is 32.8 Å². The predicted octanol–water partition coefficient (Wildman–Crippen LogP) is 1.97. The Morgan fingerprint density at radius 2 is 2.04 bits per heavy atom. The minimum absolute atomic E-state index is 0.166. The first-order valence-corrected chi connectivity index (χ1v) is 9.83. The van der Waals surface area contributed by atoms with E-state index in [0.29, 0.717) is 17.9 Å². The number of nitrogens with zero attached hydrogens (tertiary/aromatic N) is 4. The molecule has 1 aromatic rings. The second-order valence-corrected chi connectivity index (χ2v) is 7.80. The highest BCUT2D eigenvalue weighted by atomic mass is 16.5. The van der Waals surface area contributed by atoms with Crippen molar-refractivity contribution in [2.45, 2.75) is 50.7 Å². The van der Waals surface area contributed by atoms with E-state index in [0.717, 1.165) is 64.9 Å². The summed E-state index contributed by atoms with van der Waals surface area (Å²) in [6.45, 7) is 5.12. The van der Waals surface area contributed by atoms with Crippen molar-refractivity contribution in [1.82, 2.24) is 19.6 Å². The summed E-state index contributed by atoms with van der Waals surface area (Å²) in [6, 6.07) is 2.57. The molecule has 0 unspecified atom stereocenters. The Hall–Kier alpha value is -1.40. The highest BCUT2D eigenvalue weighted by Gasteiger charge is 2.34. The van der Waals surface area contributed by atoms with Crippen molar-refractivity contribution in [2.24, 2.45) is 13.0 Å². The van der Waals surface area contributed by atoms with E-state index in [-0.39, 0.29) is 6.10 Å². The normalized spacial score (nSPS) is 29.5. The average molecular weight is 346 g/mol. The summed E-state index contributed by atoms with van der Waals surface area (Å²) >= 11 is 0. The first kappa shape index (κ1) is 17.0. The number of ether oxygens (including phenoxy) is 1. The molecule has 3 aliphatic heterocycles. The molecule has 0 saturated carbocycles. The van der Waals surface area contributed by atoms with Crippen molar-refractivity contribution in [1.29, 1.82) is 0 Å².